The number of pyridine rings is 1. The molecular weight excluding hydrogens is 172 g/mol. The summed E-state index contributed by atoms with van der Waals surface area (Å²) in [5, 5.41) is 3.63. The van der Waals surface area contributed by atoms with E-state index in [1.54, 1.807) is 0 Å². The van der Waals surface area contributed by atoms with Gasteiger partial charge in [0, 0.05) is 24.5 Å². The third-order valence-electron chi connectivity index (χ3n) is 3.05. The van der Waals surface area contributed by atoms with Gasteiger partial charge in [-0.3, -0.25) is 4.98 Å². The Balaban J connectivity index is 1.91. The molecule has 1 saturated carbocycles. The van der Waals surface area contributed by atoms with Crippen molar-refractivity contribution in [3.8, 4) is 0 Å². The van der Waals surface area contributed by atoms with E-state index in [4.69, 9.17) is 0 Å². The van der Waals surface area contributed by atoms with Crippen molar-refractivity contribution in [1.29, 1.82) is 0 Å². The van der Waals surface area contributed by atoms with Gasteiger partial charge in [-0.2, -0.15) is 0 Å². The molecule has 1 aromatic rings. The van der Waals surface area contributed by atoms with Crippen LogP contribution in [0.25, 0.3) is 0 Å². The number of aromatic nitrogens is 1. The van der Waals surface area contributed by atoms with Gasteiger partial charge in [-0.15, -0.1) is 0 Å². The molecule has 76 valence electrons. The zero-order chi connectivity index (χ0) is 9.97. The number of rotatable bonds is 4. The van der Waals surface area contributed by atoms with E-state index in [-0.39, 0.29) is 0 Å². The first-order chi connectivity index (χ1) is 6.77. The third kappa shape index (κ3) is 2.32. The normalized spacial score (nSPS) is 20.4. The molecule has 0 amide bonds. The predicted molar refractivity (Wildman–Crippen MR) is 58.0 cm³/mol. The summed E-state index contributed by atoms with van der Waals surface area (Å²) < 4.78 is 0. The van der Waals surface area contributed by atoms with E-state index in [1.807, 2.05) is 12.4 Å². The zero-order valence-electron chi connectivity index (χ0n) is 8.90. The highest BCUT2D eigenvalue weighted by Crippen LogP contribution is 2.33. The van der Waals surface area contributed by atoms with Crippen LogP contribution in [0, 0.1) is 5.92 Å². The molecule has 0 unspecified atom stereocenters. The van der Waals surface area contributed by atoms with Crippen LogP contribution in [0.1, 0.15) is 38.3 Å². The van der Waals surface area contributed by atoms with E-state index in [0.717, 1.165) is 5.92 Å². The Labute approximate surface area is 85.7 Å². The van der Waals surface area contributed by atoms with Gasteiger partial charge in [-0.05, 0) is 50.3 Å². The molecule has 0 saturated heterocycles. The van der Waals surface area contributed by atoms with Crippen molar-refractivity contribution in [2.45, 2.75) is 38.8 Å². The summed E-state index contributed by atoms with van der Waals surface area (Å²) in [5.41, 5.74) is 1.33. The number of hydrogen-bond donors (Lipinski definition) is 1. The molecule has 0 radical (unpaired) electrons. The Morgan fingerprint density at radius 1 is 1.29 bits per heavy atom. The van der Waals surface area contributed by atoms with Crippen molar-refractivity contribution < 1.29 is 0 Å². The minimum atomic E-state index is 0.439. The molecule has 1 fully saturated rings. The van der Waals surface area contributed by atoms with Gasteiger partial charge >= 0.3 is 0 Å². The van der Waals surface area contributed by atoms with Gasteiger partial charge in [-0.25, -0.2) is 0 Å². The smallest absolute Gasteiger partial charge is 0.0295 e. The van der Waals surface area contributed by atoms with Crippen molar-refractivity contribution in [2.75, 3.05) is 0 Å². The maximum Gasteiger partial charge on any atom is 0.0295 e. The maximum absolute atomic E-state index is 4.03. The molecule has 0 spiro atoms. The van der Waals surface area contributed by atoms with E-state index in [1.165, 1.54) is 18.4 Å². The minimum Gasteiger partial charge on any atom is -0.307 e. The second-order valence-corrected chi connectivity index (χ2v) is 4.30. The Kier molecular flexibility index (Phi) is 2.82. The Morgan fingerprint density at radius 3 is 2.50 bits per heavy atom. The second-order valence-electron chi connectivity index (χ2n) is 4.30. The van der Waals surface area contributed by atoms with Crippen molar-refractivity contribution >= 4 is 0 Å². The van der Waals surface area contributed by atoms with Crippen LogP contribution in [0.2, 0.25) is 0 Å². The molecule has 0 aromatic carbocycles. The third-order valence-corrected chi connectivity index (χ3v) is 3.05. The molecular formula is C12H18N2. The van der Waals surface area contributed by atoms with Gasteiger partial charge in [0.05, 0.1) is 0 Å². The topological polar surface area (TPSA) is 24.9 Å². The molecule has 0 bridgehead atoms. The van der Waals surface area contributed by atoms with Crippen molar-refractivity contribution in [3.63, 3.8) is 0 Å². The largest absolute Gasteiger partial charge is 0.307 e. The number of nitrogens with zero attached hydrogens (tertiary/aromatic N) is 1. The highest BCUT2D eigenvalue weighted by molar-refractivity contribution is 5.14. The molecule has 2 nitrogen and oxygen atoms in total. The summed E-state index contributed by atoms with van der Waals surface area (Å²) in [4.78, 5) is 4.03. The monoisotopic (exact) mass is 190 g/mol. The van der Waals surface area contributed by atoms with Gasteiger partial charge in [0.15, 0.2) is 0 Å². The highest BCUT2D eigenvalue weighted by atomic mass is 15.0. The van der Waals surface area contributed by atoms with Crippen LogP contribution in [0.5, 0.6) is 0 Å². The summed E-state index contributed by atoms with van der Waals surface area (Å²) in [6.45, 7) is 4.50. The fourth-order valence-electron chi connectivity index (χ4n) is 1.87. The molecule has 2 atom stereocenters. The SMILES string of the molecule is C[C@@H](N[C@H](C)C1CC1)c1ccncc1. The van der Waals surface area contributed by atoms with Crippen molar-refractivity contribution in [1.82, 2.24) is 10.3 Å². The average Bonchev–Trinajstić information content (AvgIpc) is 3.02. The molecule has 14 heavy (non-hydrogen) atoms. The lowest BCUT2D eigenvalue weighted by Crippen LogP contribution is -2.30. The van der Waals surface area contributed by atoms with E-state index in [9.17, 15) is 0 Å². The lowest BCUT2D eigenvalue weighted by Gasteiger charge is -2.19. The molecule has 1 aliphatic rings. The standard InChI is InChI=1S/C12H18N2/c1-9(11-3-4-11)14-10(2)12-5-7-13-8-6-12/h5-11,14H,3-4H2,1-2H3/t9-,10-/m1/s1. The Bertz CT molecular complexity index is 280. The lowest BCUT2D eigenvalue weighted by molar-refractivity contribution is 0.441. The van der Waals surface area contributed by atoms with Crippen LogP contribution in [-0.2, 0) is 0 Å². The molecule has 1 aliphatic carbocycles. The number of hydrogen-bond acceptors (Lipinski definition) is 2. The molecule has 1 aromatic heterocycles. The predicted octanol–water partition coefficient (Wildman–Crippen LogP) is 2.53. The van der Waals surface area contributed by atoms with E-state index in [0.29, 0.717) is 12.1 Å². The number of nitrogens with one attached hydrogen (secondary N) is 1. The van der Waals surface area contributed by atoms with Crippen LogP contribution in [0.15, 0.2) is 24.5 Å². The molecule has 0 aliphatic heterocycles. The lowest BCUT2D eigenvalue weighted by atomic mass is 10.1. The van der Waals surface area contributed by atoms with Crippen LogP contribution in [0.4, 0.5) is 0 Å². The zero-order valence-corrected chi connectivity index (χ0v) is 8.90. The van der Waals surface area contributed by atoms with Gasteiger partial charge in [-0.1, -0.05) is 0 Å². The first-order valence-corrected chi connectivity index (χ1v) is 5.43. The Morgan fingerprint density at radius 2 is 1.93 bits per heavy atom. The van der Waals surface area contributed by atoms with Crippen LogP contribution in [0.3, 0.4) is 0 Å². The van der Waals surface area contributed by atoms with Crippen LogP contribution in [-0.4, -0.2) is 11.0 Å². The fourth-order valence-corrected chi connectivity index (χ4v) is 1.87. The molecule has 2 rings (SSSR count). The van der Waals surface area contributed by atoms with Crippen LogP contribution >= 0.6 is 0 Å². The van der Waals surface area contributed by atoms with Crippen molar-refractivity contribution in [2.24, 2.45) is 5.92 Å². The van der Waals surface area contributed by atoms with Gasteiger partial charge in [0.25, 0.3) is 0 Å². The molecule has 1 heterocycles. The van der Waals surface area contributed by atoms with Gasteiger partial charge < -0.3 is 5.32 Å². The molecule has 1 N–H and O–H groups in total. The maximum atomic E-state index is 4.03. The fraction of sp³-hybridized carbons (Fsp3) is 0.583. The second kappa shape index (κ2) is 4.09. The summed E-state index contributed by atoms with van der Waals surface area (Å²) in [6.07, 6.45) is 6.51. The Hall–Kier alpha value is -0.890. The highest BCUT2D eigenvalue weighted by Gasteiger charge is 2.28. The summed E-state index contributed by atoms with van der Waals surface area (Å²) in [7, 11) is 0. The van der Waals surface area contributed by atoms with Gasteiger partial charge in [0.1, 0.15) is 0 Å². The summed E-state index contributed by atoms with van der Waals surface area (Å²) >= 11 is 0. The first kappa shape index (κ1) is 9.66. The quantitative estimate of drug-likeness (QED) is 0.789. The first-order valence-electron chi connectivity index (χ1n) is 5.43. The summed E-state index contributed by atoms with van der Waals surface area (Å²) in [6, 6.07) is 5.25. The van der Waals surface area contributed by atoms with E-state index >= 15 is 0 Å². The van der Waals surface area contributed by atoms with Gasteiger partial charge in [0.2, 0.25) is 0 Å². The van der Waals surface area contributed by atoms with Crippen LogP contribution < -0.4 is 5.32 Å². The molecule has 2 heteroatoms. The van der Waals surface area contributed by atoms with E-state index in [2.05, 4.69) is 36.3 Å². The summed E-state index contributed by atoms with van der Waals surface area (Å²) in [5.74, 6) is 0.916. The average molecular weight is 190 g/mol. The van der Waals surface area contributed by atoms with Crippen molar-refractivity contribution in [3.05, 3.63) is 30.1 Å². The van der Waals surface area contributed by atoms with E-state index < -0.39 is 0 Å². The minimum absolute atomic E-state index is 0.439.